The van der Waals surface area contributed by atoms with E-state index in [2.05, 4.69) is 5.16 Å². The van der Waals surface area contributed by atoms with Crippen LogP contribution in [0.1, 0.15) is 63.5 Å². The summed E-state index contributed by atoms with van der Waals surface area (Å²) >= 11 is 0. The number of aromatic nitrogens is 1. The van der Waals surface area contributed by atoms with Crippen LogP contribution in [0.2, 0.25) is 0 Å². The van der Waals surface area contributed by atoms with Crippen LogP contribution >= 0.6 is 0 Å². The van der Waals surface area contributed by atoms with Gasteiger partial charge in [0.05, 0.1) is 24.3 Å². The lowest BCUT2D eigenvalue weighted by atomic mass is 9.83. The molecule has 0 bridgehead atoms. The molecule has 2 fully saturated rings. The molecule has 0 N–H and O–H groups in total. The molecule has 5 rings (SSSR count). The molecule has 1 amide bonds. The second-order valence-corrected chi connectivity index (χ2v) is 9.60. The highest BCUT2D eigenvalue weighted by atomic mass is 16.5. The summed E-state index contributed by atoms with van der Waals surface area (Å²) in [6.07, 6.45) is 5.13. The van der Waals surface area contributed by atoms with Gasteiger partial charge in [-0.15, -0.1) is 0 Å². The normalized spacial score (nSPS) is 19.8. The number of hydrogen-bond donors (Lipinski definition) is 0. The number of ether oxygens (including phenoxy) is 1. The predicted octanol–water partition coefficient (Wildman–Crippen LogP) is 4.80. The monoisotopic (exact) mass is 462 g/mol. The SMILES string of the molecule is CC(=O)N1CCC(CCCOc2ccc3c(ccc4onc([C@@H]5CCC(=O)CC5=O)c43)c2)CC1. The molecule has 2 aliphatic rings. The third kappa shape index (κ3) is 4.56. The van der Waals surface area contributed by atoms with Crippen LogP contribution in [0.5, 0.6) is 5.75 Å². The van der Waals surface area contributed by atoms with Gasteiger partial charge in [0.1, 0.15) is 23.0 Å². The van der Waals surface area contributed by atoms with E-state index in [1.54, 1.807) is 6.92 Å². The highest BCUT2D eigenvalue weighted by molar-refractivity contribution is 6.11. The number of amides is 1. The Kier molecular flexibility index (Phi) is 6.35. The molecule has 7 heteroatoms. The van der Waals surface area contributed by atoms with Gasteiger partial charge in [0.15, 0.2) is 5.58 Å². The Morgan fingerprint density at radius 1 is 1.15 bits per heavy atom. The number of Topliss-reactive ketones (excluding diaryl/α,β-unsaturated/α-hetero) is 2. The van der Waals surface area contributed by atoms with Crippen molar-refractivity contribution < 1.29 is 23.6 Å². The molecule has 34 heavy (non-hydrogen) atoms. The number of ketones is 2. The van der Waals surface area contributed by atoms with Crippen LogP contribution in [0.3, 0.4) is 0 Å². The summed E-state index contributed by atoms with van der Waals surface area (Å²) in [5.41, 5.74) is 1.29. The summed E-state index contributed by atoms with van der Waals surface area (Å²) in [5, 5.41) is 7.06. The molecule has 1 aliphatic carbocycles. The fourth-order valence-electron chi connectivity index (χ4n) is 5.36. The fraction of sp³-hybridized carbons (Fsp3) is 0.481. The summed E-state index contributed by atoms with van der Waals surface area (Å²) in [6, 6.07) is 9.83. The van der Waals surface area contributed by atoms with Crippen molar-refractivity contribution in [1.29, 1.82) is 0 Å². The van der Waals surface area contributed by atoms with Gasteiger partial charge in [-0.05, 0) is 73.1 Å². The third-order valence-electron chi connectivity index (χ3n) is 7.34. The number of hydrogen-bond acceptors (Lipinski definition) is 6. The molecule has 1 saturated carbocycles. The summed E-state index contributed by atoms with van der Waals surface area (Å²) in [4.78, 5) is 37.6. The van der Waals surface area contributed by atoms with Crippen LogP contribution in [0, 0.1) is 5.92 Å². The maximum absolute atomic E-state index is 12.5. The van der Waals surface area contributed by atoms with E-state index < -0.39 is 0 Å². The number of carbonyl (C=O) groups is 3. The molecule has 1 aromatic heterocycles. The minimum absolute atomic E-state index is 0.00205. The Labute approximate surface area is 198 Å². The van der Waals surface area contributed by atoms with Crippen molar-refractivity contribution in [1.82, 2.24) is 10.1 Å². The predicted molar refractivity (Wildman–Crippen MR) is 128 cm³/mol. The fourth-order valence-corrected chi connectivity index (χ4v) is 5.36. The van der Waals surface area contributed by atoms with Crippen LogP contribution in [0.25, 0.3) is 21.7 Å². The lowest BCUT2D eigenvalue weighted by Crippen LogP contribution is -2.37. The van der Waals surface area contributed by atoms with Gasteiger partial charge in [-0.2, -0.15) is 0 Å². The van der Waals surface area contributed by atoms with Gasteiger partial charge >= 0.3 is 0 Å². The van der Waals surface area contributed by atoms with Crippen LogP contribution in [-0.2, 0) is 14.4 Å². The number of nitrogens with zero attached hydrogens (tertiary/aromatic N) is 2. The third-order valence-corrected chi connectivity index (χ3v) is 7.34. The minimum atomic E-state index is -0.386. The molecule has 2 heterocycles. The standard InChI is InChI=1S/C27H30N2O5/c1-17(30)29-12-10-18(11-13-29)3-2-14-33-21-6-8-22-19(15-21)4-9-25-26(22)27(28-34-25)23-7-5-20(31)16-24(23)32/h4,6,8-9,15,18,23H,2-3,5,7,10-14,16H2,1H3/t23-/m1/s1. The highest BCUT2D eigenvalue weighted by Crippen LogP contribution is 2.37. The van der Waals surface area contributed by atoms with E-state index in [0.717, 1.165) is 60.7 Å². The number of rotatable bonds is 6. The van der Waals surface area contributed by atoms with Gasteiger partial charge in [-0.3, -0.25) is 14.4 Å². The van der Waals surface area contributed by atoms with Gasteiger partial charge in [-0.25, -0.2) is 0 Å². The molecule has 0 unspecified atom stereocenters. The number of carbonyl (C=O) groups excluding carboxylic acids is 3. The Bertz CT molecular complexity index is 1240. The molecule has 1 atom stereocenters. The van der Waals surface area contributed by atoms with Crippen molar-refractivity contribution in [3.05, 3.63) is 36.0 Å². The first-order valence-electron chi connectivity index (χ1n) is 12.2. The average Bonchev–Trinajstić information content (AvgIpc) is 3.26. The number of benzene rings is 2. The summed E-state index contributed by atoms with van der Waals surface area (Å²) in [7, 11) is 0. The van der Waals surface area contributed by atoms with E-state index in [1.807, 2.05) is 35.2 Å². The maximum Gasteiger partial charge on any atom is 0.219 e. The molecule has 0 radical (unpaired) electrons. The zero-order chi connectivity index (χ0) is 23.7. The molecule has 3 aromatic rings. The van der Waals surface area contributed by atoms with E-state index in [0.29, 0.717) is 36.6 Å². The van der Waals surface area contributed by atoms with Gasteiger partial charge in [0, 0.05) is 26.4 Å². The Balaban J connectivity index is 1.24. The molecule has 1 saturated heterocycles. The first-order valence-corrected chi connectivity index (χ1v) is 12.2. The molecular weight excluding hydrogens is 432 g/mol. The quantitative estimate of drug-likeness (QED) is 0.386. The molecule has 7 nitrogen and oxygen atoms in total. The van der Waals surface area contributed by atoms with Crippen LogP contribution in [-0.4, -0.2) is 47.2 Å². The minimum Gasteiger partial charge on any atom is -0.494 e. The summed E-state index contributed by atoms with van der Waals surface area (Å²) in [6.45, 7) is 4.04. The average molecular weight is 463 g/mol. The van der Waals surface area contributed by atoms with Crippen molar-refractivity contribution in [2.24, 2.45) is 5.92 Å². The van der Waals surface area contributed by atoms with Gasteiger partial charge < -0.3 is 14.2 Å². The van der Waals surface area contributed by atoms with Crippen LogP contribution in [0.4, 0.5) is 0 Å². The number of fused-ring (bicyclic) bond motifs is 3. The van der Waals surface area contributed by atoms with Gasteiger partial charge in [-0.1, -0.05) is 11.2 Å². The number of piperidine rings is 1. The zero-order valence-corrected chi connectivity index (χ0v) is 19.5. The van der Waals surface area contributed by atoms with Gasteiger partial charge in [0.25, 0.3) is 0 Å². The smallest absolute Gasteiger partial charge is 0.219 e. The lowest BCUT2D eigenvalue weighted by Gasteiger charge is -2.31. The number of likely N-dealkylation sites (tertiary alicyclic amines) is 1. The lowest BCUT2D eigenvalue weighted by molar-refractivity contribution is -0.131. The van der Waals surface area contributed by atoms with E-state index in [9.17, 15) is 14.4 Å². The van der Waals surface area contributed by atoms with Gasteiger partial charge in [0.2, 0.25) is 5.91 Å². The first kappa shape index (κ1) is 22.6. The highest BCUT2D eigenvalue weighted by Gasteiger charge is 2.32. The Morgan fingerprint density at radius 3 is 2.74 bits per heavy atom. The van der Waals surface area contributed by atoms with Crippen molar-refractivity contribution in [3.63, 3.8) is 0 Å². The van der Waals surface area contributed by atoms with E-state index in [-0.39, 0.29) is 29.8 Å². The van der Waals surface area contributed by atoms with E-state index in [4.69, 9.17) is 9.26 Å². The second kappa shape index (κ2) is 9.57. The van der Waals surface area contributed by atoms with Crippen molar-refractivity contribution >= 4 is 39.2 Å². The van der Waals surface area contributed by atoms with Crippen LogP contribution in [0.15, 0.2) is 34.9 Å². The molecule has 2 aromatic carbocycles. The molecule has 0 spiro atoms. The van der Waals surface area contributed by atoms with Crippen molar-refractivity contribution in [2.45, 2.75) is 57.8 Å². The maximum atomic E-state index is 12.5. The summed E-state index contributed by atoms with van der Waals surface area (Å²) in [5.74, 6) is 1.19. The molecule has 1 aliphatic heterocycles. The van der Waals surface area contributed by atoms with E-state index in [1.165, 1.54) is 0 Å². The zero-order valence-electron chi connectivity index (χ0n) is 19.5. The molecular formula is C27H30N2O5. The van der Waals surface area contributed by atoms with Crippen LogP contribution < -0.4 is 4.74 Å². The van der Waals surface area contributed by atoms with Crippen molar-refractivity contribution in [2.75, 3.05) is 19.7 Å². The summed E-state index contributed by atoms with van der Waals surface area (Å²) < 4.78 is 11.6. The first-order chi connectivity index (χ1) is 16.5. The Morgan fingerprint density at radius 2 is 1.97 bits per heavy atom. The van der Waals surface area contributed by atoms with Crippen molar-refractivity contribution in [3.8, 4) is 5.75 Å². The molecule has 178 valence electrons. The Hall–Kier alpha value is -3.22. The second-order valence-electron chi connectivity index (χ2n) is 9.60. The van der Waals surface area contributed by atoms with E-state index >= 15 is 0 Å². The topological polar surface area (TPSA) is 89.7 Å². The largest absolute Gasteiger partial charge is 0.494 e.